The summed E-state index contributed by atoms with van der Waals surface area (Å²) in [5.74, 6) is -1.05. The Balaban J connectivity index is 1.85. The van der Waals surface area contributed by atoms with Gasteiger partial charge in [0.05, 0.1) is 23.3 Å². The van der Waals surface area contributed by atoms with E-state index in [1.54, 1.807) is 30.3 Å². The van der Waals surface area contributed by atoms with E-state index < -0.39 is 28.4 Å². The van der Waals surface area contributed by atoms with Crippen LogP contribution in [0.1, 0.15) is 10.4 Å². The first kappa shape index (κ1) is 22.3. The lowest BCUT2D eigenvalue weighted by Crippen LogP contribution is -2.38. The molecule has 3 rings (SSSR count). The lowest BCUT2D eigenvalue weighted by molar-refractivity contribution is -0.114. The number of rotatable bonds is 7. The first-order valence-corrected chi connectivity index (χ1v) is 10.9. The van der Waals surface area contributed by atoms with Crippen LogP contribution >= 0.6 is 11.6 Å². The van der Waals surface area contributed by atoms with Crippen LogP contribution in [0, 0.1) is 0 Å². The number of halogens is 1. The number of hydrogen-bond acceptors (Lipinski definition) is 5. The molecule has 0 unspecified atom stereocenters. The summed E-state index contributed by atoms with van der Waals surface area (Å²) >= 11 is 5.93. The highest BCUT2D eigenvalue weighted by Crippen LogP contribution is 2.25. The van der Waals surface area contributed by atoms with Crippen LogP contribution < -0.4 is 9.62 Å². The minimum atomic E-state index is -4.01. The van der Waals surface area contributed by atoms with Gasteiger partial charge in [-0.15, -0.1) is 0 Å². The van der Waals surface area contributed by atoms with Crippen molar-refractivity contribution in [2.45, 2.75) is 4.90 Å². The fourth-order valence-corrected chi connectivity index (χ4v) is 4.35. The molecule has 1 N–H and O–H groups in total. The Morgan fingerprint density at radius 1 is 0.935 bits per heavy atom. The van der Waals surface area contributed by atoms with E-state index in [0.717, 1.165) is 4.31 Å². The van der Waals surface area contributed by atoms with Gasteiger partial charge in [0.2, 0.25) is 5.91 Å². The summed E-state index contributed by atoms with van der Waals surface area (Å²) in [6, 6.07) is 20.1. The monoisotopic (exact) mass is 458 g/mol. The summed E-state index contributed by atoms with van der Waals surface area (Å²) < 4.78 is 32.1. The van der Waals surface area contributed by atoms with Gasteiger partial charge in [0.15, 0.2) is 0 Å². The zero-order valence-electron chi connectivity index (χ0n) is 16.5. The zero-order valence-corrected chi connectivity index (χ0v) is 18.1. The summed E-state index contributed by atoms with van der Waals surface area (Å²) in [4.78, 5) is 24.3. The van der Waals surface area contributed by atoms with Crippen molar-refractivity contribution in [3.8, 4) is 0 Å². The van der Waals surface area contributed by atoms with E-state index in [0.29, 0.717) is 22.0 Å². The van der Waals surface area contributed by atoms with Gasteiger partial charge in [-0.25, -0.2) is 13.2 Å². The van der Waals surface area contributed by atoms with Crippen molar-refractivity contribution in [2.24, 2.45) is 0 Å². The third-order valence-electron chi connectivity index (χ3n) is 4.32. The summed E-state index contributed by atoms with van der Waals surface area (Å²) in [6.07, 6.45) is 0. The van der Waals surface area contributed by atoms with Crippen LogP contribution in [0.25, 0.3) is 0 Å². The van der Waals surface area contributed by atoms with Crippen molar-refractivity contribution in [3.63, 3.8) is 0 Å². The highest BCUT2D eigenvalue weighted by Gasteiger charge is 2.27. The van der Waals surface area contributed by atoms with E-state index in [-0.39, 0.29) is 4.90 Å². The lowest BCUT2D eigenvalue weighted by Gasteiger charge is -2.24. The molecule has 9 heteroatoms. The number of amides is 1. The maximum absolute atomic E-state index is 13.2. The molecule has 3 aromatic carbocycles. The molecule has 0 heterocycles. The number of benzene rings is 3. The van der Waals surface area contributed by atoms with Crippen molar-refractivity contribution in [3.05, 3.63) is 89.4 Å². The minimum absolute atomic E-state index is 0.0557. The smallest absolute Gasteiger partial charge is 0.337 e. The van der Waals surface area contributed by atoms with E-state index in [1.807, 2.05) is 0 Å². The summed E-state index contributed by atoms with van der Waals surface area (Å²) in [7, 11) is -2.73. The molecule has 0 aromatic heterocycles. The normalized spacial score (nSPS) is 10.9. The van der Waals surface area contributed by atoms with Gasteiger partial charge in [-0.05, 0) is 60.7 Å². The van der Waals surface area contributed by atoms with Crippen molar-refractivity contribution < 1.29 is 22.7 Å². The van der Waals surface area contributed by atoms with Crippen molar-refractivity contribution in [1.29, 1.82) is 0 Å². The fraction of sp³-hybridized carbons (Fsp3) is 0.0909. The Morgan fingerprint density at radius 2 is 1.55 bits per heavy atom. The van der Waals surface area contributed by atoms with Crippen LogP contribution in [0.2, 0.25) is 5.02 Å². The average Bonchev–Trinajstić information content (AvgIpc) is 2.78. The van der Waals surface area contributed by atoms with Crippen molar-refractivity contribution in [1.82, 2.24) is 0 Å². The van der Waals surface area contributed by atoms with Crippen LogP contribution in [0.5, 0.6) is 0 Å². The second kappa shape index (κ2) is 9.63. The van der Waals surface area contributed by atoms with E-state index >= 15 is 0 Å². The largest absolute Gasteiger partial charge is 0.465 e. The van der Waals surface area contributed by atoms with Crippen LogP contribution in [-0.2, 0) is 19.6 Å². The Kier molecular flexibility index (Phi) is 6.94. The van der Waals surface area contributed by atoms with Crippen LogP contribution in [0.4, 0.5) is 11.4 Å². The molecule has 0 bridgehead atoms. The SMILES string of the molecule is COC(=O)c1ccc(NC(=O)CN(c2ccc(Cl)cc2)S(=O)(=O)c2ccccc2)cc1. The molecule has 0 aliphatic heterocycles. The minimum Gasteiger partial charge on any atom is -0.465 e. The van der Waals surface area contributed by atoms with Gasteiger partial charge in [0.25, 0.3) is 10.0 Å². The van der Waals surface area contributed by atoms with Gasteiger partial charge >= 0.3 is 5.97 Å². The van der Waals surface area contributed by atoms with Crippen LogP contribution in [-0.4, -0.2) is 33.9 Å². The standard InChI is InChI=1S/C22H19ClN2O5S/c1-30-22(27)16-7-11-18(12-8-16)24-21(26)15-25(19-13-9-17(23)10-14-19)31(28,29)20-5-3-2-4-6-20/h2-14H,15H2,1H3,(H,24,26). The van der Waals surface area contributed by atoms with Gasteiger partial charge in [-0.1, -0.05) is 29.8 Å². The first-order chi connectivity index (χ1) is 14.8. The predicted octanol–water partition coefficient (Wildman–Crippen LogP) is 3.96. The first-order valence-electron chi connectivity index (χ1n) is 9.13. The second-order valence-electron chi connectivity index (χ2n) is 6.42. The van der Waals surface area contributed by atoms with E-state index in [4.69, 9.17) is 11.6 Å². The van der Waals surface area contributed by atoms with Crippen LogP contribution in [0.3, 0.4) is 0 Å². The highest BCUT2D eigenvalue weighted by molar-refractivity contribution is 7.92. The molecular formula is C22H19ClN2O5S. The number of carbonyl (C=O) groups excluding carboxylic acids is 2. The topological polar surface area (TPSA) is 92.8 Å². The number of nitrogens with zero attached hydrogens (tertiary/aromatic N) is 1. The molecule has 1 amide bonds. The van der Waals surface area contributed by atoms with E-state index in [2.05, 4.69) is 10.1 Å². The maximum atomic E-state index is 13.2. The molecule has 0 spiro atoms. The molecule has 160 valence electrons. The van der Waals surface area contributed by atoms with Gasteiger partial charge in [-0.3, -0.25) is 9.10 Å². The molecule has 0 atom stereocenters. The number of ether oxygens (including phenoxy) is 1. The van der Waals surface area contributed by atoms with Crippen LogP contribution in [0.15, 0.2) is 83.8 Å². The predicted molar refractivity (Wildman–Crippen MR) is 119 cm³/mol. The molecule has 3 aromatic rings. The van der Waals surface area contributed by atoms with Gasteiger partial charge in [-0.2, -0.15) is 0 Å². The van der Waals surface area contributed by atoms with Gasteiger partial charge in [0, 0.05) is 10.7 Å². The lowest BCUT2D eigenvalue weighted by atomic mass is 10.2. The molecule has 0 aliphatic rings. The molecule has 0 radical (unpaired) electrons. The number of methoxy groups -OCH3 is 1. The number of esters is 1. The summed E-state index contributed by atoms with van der Waals surface area (Å²) in [5, 5.41) is 3.08. The fourth-order valence-electron chi connectivity index (χ4n) is 2.78. The van der Waals surface area contributed by atoms with Crippen molar-refractivity contribution in [2.75, 3.05) is 23.3 Å². The number of sulfonamides is 1. The highest BCUT2D eigenvalue weighted by atomic mass is 35.5. The average molecular weight is 459 g/mol. The number of carbonyl (C=O) groups is 2. The third kappa shape index (κ3) is 5.42. The second-order valence-corrected chi connectivity index (χ2v) is 8.72. The summed E-state index contributed by atoms with van der Waals surface area (Å²) in [6.45, 7) is -0.461. The molecule has 0 fully saturated rings. The van der Waals surface area contributed by atoms with E-state index in [1.165, 1.54) is 55.6 Å². The van der Waals surface area contributed by atoms with Crippen molar-refractivity contribution >= 4 is 44.9 Å². The molecule has 7 nitrogen and oxygen atoms in total. The Hall–Kier alpha value is -3.36. The number of anilines is 2. The summed E-state index contributed by atoms with van der Waals surface area (Å²) in [5.41, 5.74) is 1.03. The Labute approximate surface area is 185 Å². The molecule has 0 saturated heterocycles. The molecule has 31 heavy (non-hydrogen) atoms. The molecule has 0 aliphatic carbocycles. The zero-order chi connectivity index (χ0) is 22.4. The maximum Gasteiger partial charge on any atom is 0.337 e. The van der Waals surface area contributed by atoms with Gasteiger partial charge in [0.1, 0.15) is 6.54 Å². The quantitative estimate of drug-likeness (QED) is 0.541. The number of hydrogen-bond donors (Lipinski definition) is 1. The third-order valence-corrected chi connectivity index (χ3v) is 6.36. The molecular weight excluding hydrogens is 440 g/mol. The Morgan fingerprint density at radius 3 is 2.13 bits per heavy atom. The Bertz CT molecular complexity index is 1160. The molecule has 0 saturated carbocycles. The number of nitrogens with one attached hydrogen (secondary N) is 1. The van der Waals surface area contributed by atoms with Gasteiger partial charge < -0.3 is 10.1 Å². The van der Waals surface area contributed by atoms with E-state index in [9.17, 15) is 18.0 Å².